The summed E-state index contributed by atoms with van der Waals surface area (Å²) in [5.41, 5.74) is 1.22. The van der Waals surface area contributed by atoms with Gasteiger partial charge in [-0.25, -0.2) is 0 Å². The fraction of sp³-hybridized carbons (Fsp3) is 0.571. The molecular weight excluding hydrogens is 234 g/mol. The fourth-order valence-electron chi connectivity index (χ4n) is 2.48. The highest BCUT2D eigenvalue weighted by Crippen LogP contribution is 2.19. The van der Waals surface area contributed by atoms with E-state index in [4.69, 9.17) is 11.6 Å². The van der Waals surface area contributed by atoms with E-state index in [1.807, 2.05) is 18.2 Å². The van der Waals surface area contributed by atoms with Crippen LogP contribution in [0.1, 0.15) is 18.4 Å². The lowest BCUT2D eigenvalue weighted by molar-refractivity contribution is 0.121. The largest absolute Gasteiger partial charge is 0.396 e. The maximum atomic E-state index is 9.19. The Bertz CT molecular complexity index is 356. The Kier molecular flexibility index (Phi) is 4.84. The molecule has 1 heterocycles. The number of hydrogen-bond donors (Lipinski definition) is 1. The summed E-state index contributed by atoms with van der Waals surface area (Å²) >= 11 is 6.14. The van der Waals surface area contributed by atoms with Gasteiger partial charge in [-0.1, -0.05) is 29.8 Å². The van der Waals surface area contributed by atoms with Crippen molar-refractivity contribution in [2.24, 2.45) is 5.92 Å². The van der Waals surface area contributed by atoms with Gasteiger partial charge in [0, 0.05) is 24.7 Å². The van der Waals surface area contributed by atoms with Crippen molar-refractivity contribution in [3.05, 3.63) is 34.9 Å². The molecule has 2 nitrogen and oxygen atoms in total. The summed E-state index contributed by atoms with van der Waals surface area (Å²) in [6.45, 7) is 3.55. The molecule has 1 N–H and O–H groups in total. The molecule has 0 saturated carbocycles. The van der Waals surface area contributed by atoms with Crippen LogP contribution in [0.3, 0.4) is 0 Å². The van der Waals surface area contributed by atoms with E-state index in [1.54, 1.807) is 0 Å². The Labute approximate surface area is 108 Å². The van der Waals surface area contributed by atoms with Gasteiger partial charge in [0.1, 0.15) is 0 Å². The lowest BCUT2D eigenvalue weighted by Gasteiger charge is -2.31. The molecule has 1 aliphatic heterocycles. The lowest BCUT2D eigenvalue weighted by Crippen LogP contribution is -2.37. The molecule has 0 aliphatic carbocycles. The average Bonchev–Trinajstić information content (AvgIpc) is 2.38. The summed E-state index contributed by atoms with van der Waals surface area (Å²) in [5.74, 6) is 0.468. The third kappa shape index (κ3) is 3.70. The molecule has 94 valence electrons. The molecule has 1 aromatic rings. The minimum Gasteiger partial charge on any atom is -0.396 e. The van der Waals surface area contributed by atoms with E-state index in [-0.39, 0.29) is 0 Å². The number of halogens is 1. The second-order valence-corrected chi connectivity index (χ2v) is 5.24. The average molecular weight is 254 g/mol. The first-order valence-corrected chi connectivity index (χ1v) is 6.74. The number of likely N-dealkylation sites (tertiary alicyclic amines) is 1. The van der Waals surface area contributed by atoms with Crippen molar-refractivity contribution >= 4 is 11.6 Å². The molecule has 17 heavy (non-hydrogen) atoms. The number of nitrogens with zero attached hydrogens (tertiary/aromatic N) is 1. The predicted molar refractivity (Wildman–Crippen MR) is 71.4 cm³/mol. The standard InChI is InChI=1S/C14H20ClNO/c15-14-6-2-1-5-13(14)7-9-16-8-3-4-12(10-16)11-17/h1-2,5-6,12,17H,3-4,7-11H2. The second-order valence-electron chi connectivity index (χ2n) is 4.83. The Morgan fingerprint density at radius 1 is 1.35 bits per heavy atom. The zero-order chi connectivity index (χ0) is 12.1. The van der Waals surface area contributed by atoms with Crippen molar-refractivity contribution in [1.82, 2.24) is 4.90 Å². The van der Waals surface area contributed by atoms with Gasteiger partial charge in [-0.2, -0.15) is 0 Å². The summed E-state index contributed by atoms with van der Waals surface area (Å²) in [6, 6.07) is 8.04. The van der Waals surface area contributed by atoms with Gasteiger partial charge in [0.2, 0.25) is 0 Å². The Hall–Kier alpha value is -0.570. The number of piperidine rings is 1. The minimum absolute atomic E-state index is 0.322. The van der Waals surface area contributed by atoms with Crippen LogP contribution >= 0.6 is 11.6 Å². The Morgan fingerprint density at radius 3 is 2.94 bits per heavy atom. The number of rotatable bonds is 4. The van der Waals surface area contributed by atoms with E-state index in [9.17, 15) is 5.11 Å². The first-order chi connectivity index (χ1) is 8.29. The van der Waals surface area contributed by atoms with Crippen molar-refractivity contribution < 1.29 is 5.11 Å². The molecule has 2 rings (SSSR count). The molecule has 0 aromatic heterocycles. The summed E-state index contributed by atoms with van der Waals surface area (Å²) < 4.78 is 0. The molecule has 0 radical (unpaired) electrons. The van der Waals surface area contributed by atoms with Crippen LogP contribution in [-0.2, 0) is 6.42 Å². The van der Waals surface area contributed by atoms with E-state index in [0.29, 0.717) is 12.5 Å². The predicted octanol–water partition coefficient (Wildman–Crippen LogP) is 2.59. The smallest absolute Gasteiger partial charge is 0.0471 e. The maximum Gasteiger partial charge on any atom is 0.0471 e. The molecular formula is C14H20ClNO. The molecule has 0 bridgehead atoms. The van der Waals surface area contributed by atoms with Crippen molar-refractivity contribution in [1.29, 1.82) is 0 Å². The molecule has 0 spiro atoms. The van der Waals surface area contributed by atoms with Crippen molar-refractivity contribution in [2.75, 3.05) is 26.2 Å². The first kappa shape index (κ1) is 12.9. The van der Waals surface area contributed by atoms with E-state index >= 15 is 0 Å². The van der Waals surface area contributed by atoms with Crippen LogP contribution in [0.25, 0.3) is 0 Å². The van der Waals surface area contributed by atoms with Gasteiger partial charge in [0.05, 0.1) is 0 Å². The zero-order valence-electron chi connectivity index (χ0n) is 10.1. The van der Waals surface area contributed by atoms with Crippen LogP contribution < -0.4 is 0 Å². The van der Waals surface area contributed by atoms with Crippen LogP contribution in [0.5, 0.6) is 0 Å². The van der Waals surface area contributed by atoms with Crippen LogP contribution in [0, 0.1) is 5.92 Å². The summed E-state index contributed by atoms with van der Waals surface area (Å²) in [7, 11) is 0. The highest BCUT2D eigenvalue weighted by atomic mass is 35.5. The summed E-state index contributed by atoms with van der Waals surface area (Å²) in [5, 5.41) is 10.1. The van der Waals surface area contributed by atoms with Gasteiger partial charge in [-0.05, 0) is 43.4 Å². The molecule has 1 aliphatic rings. The van der Waals surface area contributed by atoms with Gasteiger partial charge < -0.3 is 10.0 Å². The minimum atomic E-state index is 0.322. The lowest BCUT2D eigenvalue weighted by atomic mass is 9.98. The monoisotopic (exact) mass is 253 g/mol. The van der Waals surface area contributed by atoms with Crippen LogP contribution in [0.15, 0.2) is 24.3 Å². The second kappa shape index (κ2) is 6.39. The fourth-order valence-corrected chi connectivity index (χ4v) is 2.71. The number of aliphatic hydroxyl groups excluding tert-OH is 1. The van der Waals surface area contributed by atoms with E-state index in [1.165, 1.54) is 18.4 Å². The van der Waals surface area contributed by atoms with Crippen LogP contribution in [-0.4, -0.2) is 36.2 Å². The molecule has 3 heteroatoms. The Balaban J connectivity index is 1.84. The van der Waals surface area contributed by atoms with Crippen LogP contribution in [0.2, 0.25) is 5.02 Å². The van der Waals surface area contributed by atoms with Gasteiger partial charge in [0.15, 0.2) is 0 Å². The van der Waals surface area contributed by atoms with E-state index in [2.05, 4.69) is 11.0 Å². The number of benzene rings is 1. The van der Waals surface area contributed by atoms with Gasteiger partial charge >= 0.3 is 0 Å². The summed E-state index contributed by atoms with van der Waals surface area (Å²) in [4.78, 5) is 2.44. The Morgan fingerprint density at radius 2 is 2.18 bits per heavy atom. The van der Waals surface area contributed by atoms with Crippen molar-refractivity contribution in [3.8, 4) is 0 Å². The van der Waals surface area contributed by atoms with E-state index < -0.39 is 0 Å². The van der Waals surface area contributed by atoms with Gasteiger partial charge in [0.25, 0.3) is 0 Å². The highest BCUT2D eigenvalue weighted by Gasteiger charge is 2.18. The van der Waals surface area contributed by atoms with Gasteiger partial charge in [-0.15, -0.1) is 0 Å². The normalized spacial score (nSPS) is 21.6. The SMILES string of the molecule is OCC1CCCN(CCc2ccccc2Cl)C1. The van der Waals surface area contributed by atoms with E-state index in [0.717, 1.165) is 31.1 Å². The molecule has 1 saturated heterocycles. The molecule has 1 unspecified atom stereocenters. The third-order valence-electron chi connectivity index (χ3n) is 3.52. The number of hydrogen-bond acceptors (Lipinski definition) is 2. The maximum absolute atomic E-state index is 9.19. The van der Waals surface area contributed by atoms with Gasteiger partial charge in [-0.3, -0.25) is 0 Å². The van der Waals surface area contributed by atoms with Crippen molar-refractivity contribution in [2.45, 2.75) is 19.3 Å². The quantitative estimate of drug-likeness (QED) is 0.892. The van der Waals surface area contributed by atoms with Crippen LogP contribution in [0.4, 0.5) is 0 Å². The van der Waals surface area contributed by atoms with Crippen molar-refractivity contribution in [3.63, 3.8) is 0 Å². The number of aliphatic hydroxyl groups is 1. The molecule has 1 fully saturated rings. The topological polar surface area (TPSA) is 23.5 Å². The molecule has 1 aromatic carbocycles. The summed E-state index contributed by atoms with van der Waals surface area (Å²) in [6.07, 6.45) is 3.37. The zero-order valence-corrected chi connectivity index (χ0v) is 10.9. The highest BCUT2D eigenvalue weighted by molar-refractivity contribution is 6.31. The molecule has 0 amide bonds. The third-order valence-corrected chi connectivity index (χ3v) is 3.89. The molecule has 1 atom stereocenters. The first-order valence-electron chi connectivity index (χ1n) is 6.36.